The standard InChI is InChI=1S/C18H20FNO2/c1-13(2)11-20-18(21)16-5-3-4-6-17(16)22-12-14-7-9-15(19)10-8-14/h3-10,13H,11-12H2,1-2H3,(H,20,21). The summed E-state index contributed by atoms with van der Waals surface area (Å²) in [6.07, 6.45) is 0. The first-order valence-electron chi connectivity index (χ1n) is 7.30. The molecule has 0 spiro atoms. The minimum atomic E-state index is -0.280. The second-order valence-corrected chi connectivity index (χ2v) is 5.52. The van der Waals surface area contributed by atoms with Crippen LogP contribution in [0.15, 0.2) is 48.5 Å². The summed E-state index contributed by atoms with van der Waals surface area (Å²) in [6.45, 7) is 4.98. The predicted octanol–water partition coefficient (Wildman–Crippen LogP) is 3.79. The highest BCUT2D eigenvalue weighted by atomic mass is 19.1. The van der Waals surface area contributed by atoms with Crippen LogP contribution in [0.25, 0.3) is 0 Å². The number of para-hydroxylation sites is 1. The summed E-state index contributed by atoms with van der Waals surface area (Å²) in [4.78, 5) is 12.2. The Labute approximate surface area is 130 Å². The van der Waals surface area contributed by atoms with Gasteiger partial charge < -0.3 is 10.1 Å². The molecule has 22 heavy (non-hydrogen) atoms. The van der Waals surface area contributed by atoms with E-state index in [-0.39, 0.29) is 18.3 Å². The first-order chi connectivity index (χ1) is 10.6. The van der Waals surface area contributed by atoms with Crippen LogP contribution in [0.4, 0.5) is 4.39 Å². The maximum absolute atomic E-state index is 12.9. The maximum Gasteiger partial charge on any atom is 0.255 e. The summed E-state index contributed by atoms with van der Waals surface area (Å²) in [5.41, 5.74) is 1.35. The normalized spacial score (nSPS) is 10.5. The lowest BCUT2D eigenvalue weighted by Gasteiger charge is -2.12. The number of ether oxygens (including phenoxy) is 1. The van der Waals surface area contributed by atoms with E-state index in [1.54, 1.807) is 30.3 Å². The van der Waals surface area contributed by atoms with Crippen molar-refractivity contribution in [3.8, 4) is 5.75 Å². The Bertz CT molecular complexity index is 623. The predicted molar refractivity (Wildman–Crippen MR) is 84.3 cm³/mol. The number of hydrogen-bond donors (Lipinski definition) is 1. The summed E-state index contributed by atoms with van der Waals surface area (Å²) in [5, 5.41) is 2.88. The molecule has 0 bridgehead atoms. The second-order valence-electron chi connectivity index (χ2n) is 5.52. The Kier molecular flexibility index (Phi) is 5.53. The van der Waals surface area contributed by atoms with Crippen LogP contribution in [0.5, 0.6) is 5.75 Å². The van der Waals surface area contributed by atoms with Gasteiger partial charge in [-0.2, -0.15) is 0 Å². The van der Waals surface area contributed by atoms with Gasteiger partial charge in [-0.15, -0.1) is 0 Å². The van der Waals surface area contributed by atoms with Gasteiger partial charge in [0.25, 0.3) is 5.91 Å². The highest BCUT2D eigenvalue weighted by Gasteiger charge is 2.12. The molecule has 2 rings (SSSR count). The molecule has 0 fully saturated rings. The lowest BCUT2D eigenvalue weighted by Crippen LogP contribution is -2.27. The summed E-state index contributed by atoms with van der Waals surface area (Å²) in [7, 11) is 0. The Balaban J connectivity index is 2.04. The number of nitrogens with one attached hydrogen (secondary N) is 1. The molecule has 4 heteroatoms. The number of benzene rings is 2. The summed E-state index contributed by atoms with van der Waals surface area (Å²) < 4.78 is 18.6. The van der Waals surface area contributed by atoms with Gasteiger partial charge in [-0.25, -0.2) is 4.39 Å². The van der Waals surface area contributed by atoms with Gasteiger partial charge >= 0.3 is 0 Å². The van der Waals surface area contributed by atoms with Gasteiger partial charge in [0.2, 0.25) is 0 Å². The van der Waals surface area contributed by atoms with Gasteiger partial charge in [0.1, 0.15) is 18.2 Å². The average molecular weight is 301 g/mol. The van der Waals surface area contributed by atoms with Gasteiger partial charge in [0.05, 0.1) is 5.56 Å². The summed E-state index contributed by atoms with van der Waals surface area (Å²) in [6, 6.07) is 13.2. The Morgan fingerprint density at radius 1 is 1.14 bits per heavy atom. The molecular formula is C18H20FNO2. The van der Waals surface area contributed by atoms with Crippen molar-refractivity contribution < 1.29 is 13.9 Å². The van der Waals surface area contributed by atoms with E-state index in [0.717, 1.165) is 5.56 Å². The highest BCUT2D eigenvalue weighted by molar-refractivity contribution is 5.96. The van der Waals surface area contributed by atoms with E-state index in [4.69, 9.17) is 4.74 Å². The number of carbonyl (C=O) groups is 1. The van der Waals surface area contributed by atoms with Gasteiger partial charge in [0.15, 0.2) is 0 Å². The minimum absolute atomic E-state index is 0.150. The van der Waals surface area contributed by atoms with Crippen LogP contribution in [0.1, 0.15) is 29.8 Å². The minimum Gasteiger partial charge on any atom is -0.488 e. The van der Waals surface area contributed by atoms with Crippen LogP contribution >= 0.6 is 0 Å². The molecule has 0 aromatic heterocycles. The number of halogens is 1. The molecule has 0 radical (unpaired) electrons. The molecule has 2 aromatic rings. The molecule has 0 saturated heterocycles. The van der Waals surface area contributed by atoms with Gasteiger partial charge in [0, 0.05) is 6.54 Å². The van der Waals surface area contributed by atoms with E-state index in [9.17, 15) is 9.18 Å². The first kappa shape index (κ1) is 16.0. The molecular weight excluding hydrogens is 281 g/mol. The quantitative estimate of drug-likeness (QED) is 0.881. The highest BCUT2D eigenvalue weighted by Crippen LogP contribution is 2.19. The zero-order chi connectivity index (χ0) is 15.9. The molecule has 0 saturated carbocycles. The molecule has 0 atom stereocenters. The molecule has 0 unspecified atom stereocenters. The smallest absolute Gasteiger partial charge is 0.255 e. The summed E-state index contributed by atoms with van der Waals surface area (Å²) >= 11 is 0. The van der Waals surface area contributed by atoms with Crippen LogP contribution in [-0.4, -0.2) is 12.5 Å². The second kappa shape index (κ2) is 7.59. The lowest BCUT2D eigenvalue weighted by atomic mass is 10.1. The SMILES string of the molecule is CC(C)CNC(=O)c1ccccc1OCc1ccc(F)cc1. The molecule has 1 amide bonds. The number of amides is 1. The molecule has 0 aliphatic heterocycles. The monoisotopic (exact) mass is 301 g/mol. The van der Waals surface area contributed by atoms with Crippen molar-refractivity contribution in [1.29, 1.82) is 0 Å². The van der Waals surface area contributed by atoms with Crippen molar-refractivity contribution in [2.75, 3.05) is 6.54 Å². The van der Waals surface area contributed by atoms with Crippen molar-refractivity contribution in [3.05, 3.63) is 65.5 Å². The van der Waals surface area contributed by atoms with Crippen molar-refractivity contribution in [1.82, 2.24) is 5.32 Å². The fourth-order valence-corrected chi connectivity index (χ4v) is 1.91. The molecule has 2 aromatic carbocycles. The lowest BCUT2D eigenvalue weighted by molar-refractivity contribution is 0.0944. The Morgan fingerprint density at radius 2 is 1.82 bits per heavy atom. The Morgan fingerprint density at radius 3 is 2.50 bits per heavy atom. The van der Waals surface area contributed by atoms with Crippen LogP contribution in [-0.2, 0) is 6.61 Å². The third-order valence-corrected chi connectivity index (χ3v) is 3.11. The van der Waals surface area contributed by atoms with Crippen LogP contribution in [0, 0.1) is 11.7 Å². The van der Waals surface area contributed by atoms with Crippen molar-refractivity contribution in [3.63, 3.8) is 0 Å². The van der Waals surface area contributed by atoms with E-state index in [0.29, 0.717) is 23.8 Å². The molecule has 0 aliphatic carbocycles. The number of rotatable bonds is 6. The van der Waals surface area contributed by atoms with Crippen molar-refractivity contribution >= 4 is 5.91 Å². The fraction of sp³-hybridized carbons (Fsp3) is 0.278. The largest absolute Gasteiger partial charge is 0.488 e. The van der Waals surface area contributed by atoms with Crippen LogP contribution in [0.2, 0.25) is 0 Å². The molecule has 0 heterocycles. The summed E-state index contributed by atoms with van der Waals surface area (Å²) in [5.74, 6) is 0.477. The van der Waals surface area contributed by atoms with Crippen LogP contribution < -0.4 is 10.1 Å². The maximum atomic E-state index is 12.9. The third kappa shape index (κ3) is 4.58. The number of hydrogen-bond acceptors (Lipinski definition) is 2. The molecule has 1 N–H and O–H groups in total. The van der Waals surface area contributed by atoms with E-state index in [1.165, 1.54) is 12.1 Å². The van der Waals surface area contributed by atoms with Crippen LogP contribution in [0.3, 0.4) is 0 Å². The molecule has 116 valence electrons. The zero-order valence-electron chi connectivity index (χ0n) is 12.8. The van der Waals surface area contributed by atoms with E-state index < -0.39 is 0 Å². The Hall–Kier alpha value is -2.36. The zero-order valence-corrected chi connectivity index (χ0v) is 12.8. The van der Waals surface area contributed by atoms with Gasteiger partial charge in [-0.1, -0.05) is 38.1 Å². The van der Waals surface area contributed by atoms with Gasteiger partial charge in [-0.3, -0.25) is 4.79 Å². The fourth-order valence-electron chi connectivity index (χ4n) is 1.91. The number of carbonyl (C=O) groups excluding carboxylic acids is 1. The van der Waals surface area contributed by atoms with Crippen molar-refractivity contribution in [2.24, 2.45) is 5.92 Å². The van der Waals surface area contributed by atoms with E-state index >= 15 is 0 Å². The molecule has 3 nitrogen and oxygen atoms in total. The van der Waals surface area contributed by atoms with Crippen molar-refractivity contribution in [2.45, 2.75) is 20.5 Å². The van der Waals surface area contributed by atoms with E-state index in [1.807, 2.05) is 19.9 Å². The van der Waals surface area contributed by atoms with E-state index in [2.05, 4.69) is 5.32 Å². The van der Waals surface area contributed by atoms with Gasteiger partial charge in [-0.05, 0) is 35.7 Å². The third-order valence-electron chi connectivity index (χ3n) is 3.11. The first-order valence-corrected chi connectivity index (χ1v) is 7.30. The topological polar surface area (TPSA) is 38.3 Å². The average Bonchev–Trinajstić information content (AvgIpc) is 2.52. The molecule has 0 aliphatic rings.